The third-order valence-corrected chi connectivity index (χ3v) is 8.02. The summed E-state index contributed by atoms with van der Waals surface area (Å²) in [6.45, 7) is 0. The SMILES string of the molecule is c1ccc(-c2cc(-c3ccncc3)cc(-c3nc(-c4cccc5ccccc45)cc(-c4cccc5ccccc45)n3)c2)nc1. The van der Waals surface area contributed by atoms with E-state index >= 15 is 0 Å². The summed E-state index contributed by atoms with van der Waals surface area (Å²) in [5.74, 6) is 0.659. The van der Waals surface area contributed by atoms with E-state index in [9.17, 15) is 0 Å². The van der Waals surface area contributed by atoms with E-state index in [2.05, 4.69) is 119 Å². The summed E-state index contributed by atoms with van der Waals surface area (Å²) in [6.07, 6.45) is 5.46. The van der Waals surface area contributed by atoms with Crippen LogP contribution >= 0.6 is 0 Å². The Morgan fingerprint density at radius 1 is 0.364 bits per heavy atom. The summed E-state index contributed by atoms with van der Waals surface area (Å²) < 4.78 is 0. The molecule has 0 spiro atoms. The van der Waals surface area contributed by atoms with Crippen LogP contribution in [-0.4, -0.2) is 19.9 Å². The zero-order chi connectivity index (χ0) is 29.3. The van der Waals surface area contributed by atoms with Crippen LogP contribution in [0.25, 0.3) is 77.8 Å². The number of hydrogen-bond donors (Lipinski definition) is 0. The monoisotopic (exact) mass is 562 g/mol. The topological polar surface area (TPSA) is 51.6 Å². The summed E-state index contributed by atoms with van der Waals surface area (Å²) in [5, 5.41) is 4.66. The van der Waals surface area contributed by atoms with Gasteiger partial charge in [0.15, 0.2) is 5.82 Å². The number of benzene rings is 5. The fourth-order valence-corrected chi connectivity index (χ4v) is 5.90. The Morgan fingerprint density at radius 2 is 0.932 bits per heavy atom. The number of fused-ring (bicyclic) bond motifs is 2. The number of pyridine rings is 2. The van der Waals surface area contributed by atoms with Crippen LogP contribution in [0.4, 0.5) is 0 Å². The Bertz CT molecular complexity index is 2110. The quantitative estimate of drug-likeness (QED) is 0.209. The Morgan fingerprint density at radius 3 is 1.57 bits per heavy atom. The summed E-state index contributed by atoms with van der Waals surface area (Å²) in [7, 11) is 0. The molecule has 0 aliphatic heterocycles. The van der Waals surface area contributed by atoms with Crippen molar-refractivity contribution in [3.05, 3.63) is 158 Å². The van der Waals surface area contributed by atoms with Gasteiger partial charge in [0.25, 0.3) is 0 Å². The molecule has 0 radical (unpaired) electrons. The van der Waals surface area contributed by atoms with E-state index < -0.39 is 0 Å². The van der Waals surface area contributed by atoms with Gasteiger partial charge in [-0.25, -0.2) is 9.97 Å². The highest BCUT2D eigenvalue weighted by Crippen LogP contribution is 2.36. The lowest BCUT2D eigenvalue weighted by Gasteiger charge is -2.14. The molecule has 0 atom stereocenters. The van der Waals surface area contributed by atoms with Gasteiger partial charge in [0.05, 0.1) is 17.1 Å². The molecular weight excluding hydrogens is 536 g/mol. The van der Waals surface area contributed by atoms with E-state index in [1.54, 1.807) is 0 Å². The Balaban J connectivity index is 1.41. The number of nitrogens with zero attached hydrogens (tertiary/aromatic N) is 4. The minimum absolute atomic E-state index is 0.659. The van der Waals surface area contributed by atoms with Crippen molar-refractivity contribution < 1.29 is 0 Å². The van der Waals surface area contributed by atoms with Crippen LogP contribution < -0.4 is 0 Å². The van der Waals surface area contributed by atoms with Gasteiger partial charge in [0, 0.05) is 40.8 Å². The van der Waals surface area contributed by atoms with E-state index in [-0.39, 0.29) is 0 Å². The first-order valence-corrected chi connectivity index (χ1v) is 14.6. The van der Waals surface area contributed by atoms with Crippen LogP contribution in [0, 0.1) is 0 Å². The average molecular weight is 563 g/mol. The van der Waals surface area contributed by atoms with Gasteiger partial charge in [-0.15, -0.1) is 0 Å². The van der Waals surface area contributed by atoms with Crippen molar-refractivity contribution in [3.63, 3.8) is 0 Å². The molecule has 0 fully saturated rings. The first kappa shape index (κ1) is 25.7. The van der Waals surface area contributed by atoms with Crippen molar-refractivity contribution in [2.45, 2.75) is 0 Å². The fourth-order valence-electron chi connectivity index (χ4n) is 5.90. The highest BCUT2D eigenvalue weighted by atomic mass is 14.9. The number of hydrogen-bond acceptors (Lipinski definition) is 4. The van der Waals surface area contributed by atoms with Crippen LogP contribution in [0.5, 0.6) is 0 Å². The summed E-state index contributed by atoms with van der Waals surface area (Å²) >= 11 is 0. The van der Waals surface area contributed by atoms with Gasteiger partial charge in [-0.2, -0.15) is 0 Å². The summed E-state index contributed by atoms with van der Waals surface area (Å²) in [6, 6.07) is 48.3. The normalized spacial score (nSPS) is 11.2. The van der Waals surface area contributed by atoms with Crippen molar-refractivity contribution in [3.8, 4) is 56.3 Å². The zero-order valence-electron chi connectivity index (χ0n) is 23.8. The molecule has 0 amide bonds. The molecule has 3 heterocycles. The molecule has 8 aromatic rings. The van der Waals surface area contributed by atoms with E-state index in [1.807, 2.05) is 48.9 Å². The van der Waals surface area contributed by atoms with Crippen molar-refractivity contribution in [1.82, 2.24) is 19.9 Å². The molecule has 0 unspecified atom stereocenters. The van der Waals surface area contributed by atoms with E-state index in [1.165, 1.54) is 10.8 Å². The lowest BCUT2D eigenvalue weighted by Crippen LogP contribution is -1.98. The third-order valence-electron chi connectivity index (χ3n) is 8.02. The lowest BCUT2D eigenvalue weighted by molar-refractivity contribution is 1.19. The van der Waals surface area contributed by atoms with E-state index in [0.717, 1.165) is 61.2 Å². The minimum atomic E-state index is 0.659. The highest BCUT2D eigenvalue weighted by Gasteiger charge is 2.16. The molecule has 4 nitrogen and oxygen atoms in total. The fraction of sp³-hybridized carbons (Fsp3) is 0. The van der Waals surface area contributed by atoms with Crippen LogP contribution in [0.3, 0.4) is 0 Å². The van der Waals surface area contributed by atoms with E-state index in [4.69, 9.17) is 9.97 Å². The van der Waals surface area contributed by atoms with Gasteiger partial charge in [-0.1, -0.05) is 91.0 Å². The maximum atomic E-state index is 5.26. The molecular formula is C40H26N4. The molecule has 206 valence electrons. The molecule has 5 aromatic carbocycles. The summed E-state index contributed by atoms with van der Waals surface area (Å²) in [5.41, 5.74) is 8.84. The number of rotatable bonds is 5. The molecule has 0 aliphatic rings. The maximum absolute atomic E-state index is 5.26. The predicted octanol–water partition coefficient (Wildman–Crippen LogP) is 9.91. The first-order valence-electron chi connectivity index (χ1n) is 14.6. The van der Waals surface area contributed by atoms with E-state index in [0.29, 0.717) is 5.82 Å². The second-order valence-corrected chi connectivity index (χ2v) is 10.8. The maximum Gasteiger partial charge on any atom is 0.160 e. The van der Waals surface area contributed by atoms with Gasteiger partial charge in [0.1, 0.15) is 0 Å². The predicted molar refractivity (Wildman–Crippen MR) is 180 cm³/mol. The highest BCUT2D eigenvalue weighted by molar-refractivity contribution is 5.99. The van der Waals surface area contributed by atoms with Crippen molar-refractivity contribution in [2.75, 3.05) is 0 Å². The van der Waals surface area contributed by atoms with Crippen LogP contribution in [0.2, 0.25) is 0 Å². The van der Waals surface area contributed by atoms with Gasteiger partial charge in [0.2, 0.25) is 0 Å². The van der Waals surface area contributed by atoms with Crippen molar-refractivity contribution in [2.24, 2.45) is 0 Å². The standard InChI is InChI=1S/C40H26N4/c1-3-13-33-28(9-1)11-7-15-35(33)38-26-39(36-16-8-12-29-10-2-4-14-34(29)36)44-40(43-38)32-24-30(27-18-21-41-22-19-27)23-31(25-32)37-17-5-6-20-42-37/h1-26H. The molecule has 8 rings (SSSR count). The first-order chi connectivity index (χ1) is 21.8. The Kier molecular flexibility index (Phi) is 6.43. The second kappa shape index (κ2) is 11.0. The molecule has 3 aromatic heterocycles. The van der Waals surface area contributed by atoms with Crippen molar-refractivity contribution >= 4 is 21.5 Å². The molecule has 44 heavy (non-hydrogen) atoms. The molecule has 0 bridgehead atoms. The van der Waals surface area contributed by atoms with Crippen LogP contribution in [0.1, 0.15) is 0 Å². The van der Waals surface area contributed by atoms with Gasteiger partial charge >= 0.3 is 0 Å². The molecule has 0 saturated heterocycles. The zero-order valence-corrected chi connectivity index (χ0v) is 23.8. The molecule has 0 N–H and O–H groups in total. The van der Waals surface area contributed by atoms with Gasteiger partial charge in [-0.3, -0.25) is 9.97 Å². The molecule has 0 saturated carbocycles. The largest absolute Gasteiger partial charge is 0.265 e. The van der Waals surface area contributed by atoms with Gasteiger partial charge in [-0.05, 0) is 81.2 Å². The number of aromatic nitrogens is 4. The van der Waals surface area contributed by atoms with Gasteiger partial charge < -0.3 is 0 Å². The lowest BCUT2D eigenvalue weighted by atomic mass is 9.96. The van der Waals surface area contributed by atoms with Crippen molar-refractivity contribution in [1.29, 1.82) is 0 Å². The smallest absolute Gasteiger partial charge is 0.160 e. The summed E-state index contributed by atoms with van der Waals surface area (Å²) in [4.78, 5) is 19.4. The minimum Gasteiger partial charge on any atom is -0.265 e. The molecule has 4 heteroatoms. The van der Waals surface area contributed by atoms with Crippen LogP contribution in [-0.2, 0) is 0 Å². The second-order valence-electron chi connectivity index (χ2n) is 10.8. The Hall–Kier alpha value is -6.00. The molecule has 0 aliphatic carbocycles. The average Bonchev–Trinajstić information content (AvgIpc) is 3.11. The third kappa shape index (κ3) is 4.79. The Labute approximate surface area is 255 Å². The van der Waals surface area contributed by atoms with Crippen LogP contribution in [0.15, 0.2) is 158 Å².